The van der Waals surface area contributed by atoms with Gasteiger partial charge in [0.15, 0.2) is 5.76 Å². The minimum atomic E-state index is -0.338. The smallest absolute Gasteiger partial charge is 0.268 e. The molecule has 6 nitrogen and oxygen atoms in total. The van der Waals surface area contributed by atoms with Gasteiger partial charge in [0.1, 0.15) is 11.4 Å². The first-order valence-corrected chi connectivity index (χ1v) is 10.8. The molecule has 0 aliphatic heterocycles. The molecule has 0 saturated heterocycles. The molecule has 0 unspecified atom stereocenters. The summed E-state index contributed by atoms with van der Waals surface area (Å²) in [4.78, 5) is 21.9. The zero-order valence-electron chi connectivity index (χ0n) is 17.1. The quantitative estimate of drug-likeness (QED) is 0.319. The van der Waals surface area contributed by atoms with Gasteiger partial charge < -0.3 is 14.1 Å². The van der Waals surface area contributed by atoms with E-state index in [4.69, 9.17) is 4.42 Å². The maximum Gasteiger partial charge on any atom is 0.268 e. The Labute approximate surface area is 192 Å². The Morgan fingerprint density at radius 2 is 1.91 bits per heavy atom. The minimum Gasteiger partial charge on any atom is -0.508 e. The zero-order chi connectivity index (χ0) is 22.2. The lowest BCUT2D eigenvalue weighted by Gasteiger charge is -2.09. The van der Waals surface area contributed by atoms with Crippen LogP contribution in [0.5, 0.6) is 5.75 Å². The summed E-state index contributed by atoms with van der Waals surface area (Å²) in [5.74, 6) is 0.164. The number of nitrogens with zero attached hydrogens (tertiary/aromatic N) is 3. The van der Waals surface area contributed by atoms with Gasteiger partial charge in [0.25, 0.3) is 5.89 Å². The van der Waals surface area contributed by atoms with Crippen LogP contribution in [0.15, 0.2) is 81.9 Å². The second-order valence-corrected chi connectivity index (χ2v) is 8.36. The Morgan fingerprint density at radius 3 is 2.66 bits per heavy atom. The number of carbonyl (C=O) groups is 1. The lowest BCUT2D eigenvalue weighted by Crippen LogP contribution is -2.06. The van der Waals surface area contributed by atoms with Crippen molar-refractivity contribution in [2.45, 2.75) is 13.5 Å². The number of pyridine rings is 1. The van der Waals surface area contributed by atoms with Crippen molar-refractivity contribution in [2.24, 2.45) is 0 Å². The number of phenolic OH excluding ortho intramolecular Hbond substituents is 1. The van der Waals surface area contributed by atoms with Crippen LogP contribution < -0.4 is 0 Å². The molecule has 5 aromatic rings. The highest BCUT2D eigenvalue weighted by Gasteiger charge is 2.25. The van der Waals surface area contributed by atoms with Gasteiger partial charge in [-0.3, -0.25) is 9.78 Å². The normalized spacial score (nSPS) is 11.2. The van der Waals surface area contributed by atoms with Gasteiger partial charge in [-0.05, 0) is 55.0 Å². The molecule has 3 aromatic heterocycles. The fourth-order valence-corrected chi connectivity index (χ4v) is 4.11. The number of carbonyl (C=O) groups excluding carboxylic acids is 1. The summed E-state index contributed by atoms with van der Waals surface area (Å²) in [6, 6.07) is 18.5. The summed E-state index contributed by atoms with van der Waals surface area (Å²) in [7, 11) is 0. The number of halogens is 1. The SMILES string of the molecule is Cc1c(C(=O)c2ncc(-c3ccccn3)o2)c2cc(O)ccc2n1Cc1ccc(Br)cc1. The number of aromatic hydroxyl groups is 1. The highest BCUT2D eigenvalue weighted by Crippen LogP contribution is 2.32. The average Bonchev–Trinajstić information content (AvgIpc) is 3.39. The van der Waals surface area contributed by atoms with Crippen LogP contribution in [0.25, 0.3) is 22.4 Å². The monoisotopic (exact) mass is 487 g/mol. The second kappa shape index (κ2) is 8.09. The molecule has 1 N–H and O–H groups in total. The van der Waals surface area contributed by atoms with Gasteiger partial charge in [-0.25, -0.2) is 4.98 Å². The molecule has 0 spiro atoms. The van der Waals surface area contributed by atoms with Gasteiger partial charge in [0.05, 0.1) is 11.8 Å². The van der Waals surface area contributed by atoms with Crippen molar-refractivity contribution in [3.63, 3.8) is 0 Å². The van der Waals surface area contributed by atoms with Crippen molar-refractivity contribution in [3.8, 4) is 17.2 Å². The molecular formula is C25H18BrN3O3. The maximum absolute atomic E-state index is 13.5. The van der Waals surface area contributed by atoms with Gasteiger partial charge in [0, 0.05) is 33.8 Å². The molecule has 0 bridgehead atoms. The highest BCUT2D eigenvalue weighted by atomic mass is 79.9. The first-order valence-electron chi connectivity index (χ1n) is 9.99. The van der Waals surface area contributed by atoms with E-state index in [9.17, 15) is 9.90 Å². The van der Waals surface area contributed by atoms with E-state index in [2.05, 4.69) is 30.5 Å². The summed E-state index contributed by atoms with van der Waals surface area (Å²) < 4.78 is 8.83. The lowest BCUT2D eigenvalue weighted by molar-refractivity contribution is 0.100. The van der Waals surface area contributed by atoms with Crippen molar-refractivity contribution < 1.29 is 14.3 Å². The molecule has 32 heavy (non-hydrogen) atoms. The summed E-state index contributed by atoms with van der Waals surface area (Å²) >= 11 is 3.46. The van der Waals surface area contributed by atoms with Crippen LogP contribution in [0.2, 0.25) is 0 Å². The van der Waals surface area contributed by atoms with Crippen LogP contribution in [0, 0.1) is 6.92 Å². The molecule has 2 aromatic carbocycles. The topological polar surface area (TPSA) is 81.2 Å². The number of rotatable bonds is 5. The summed E-state index contributed by atoms with van der Waals surface area (Å²) in [5, 5.41) is 10.8. The lowest BCUT2D eigenvalue weighted by atomic mass is 10.1. The van der Waals surface area contributed by atoms with E-state index < -0.39 is 0 Å². The minimum absolute atomic E-state index is 0.0141. The Balaban J connectivity index is 1.60. The molecule has 0 aliphatic carbocycles. The number of hydrogen-bond donors (Lipinski definition) is 1. The number of aromatic nitrogens is 3. The van der Waals surface area contributed by atoms with Crippen molar-refractivity contribution in [3.05, 3.63) is 100 Å². The van der Waals surface area contributed by atoms with Crippen LogP contribution in [-0.4, -0.2) is 25.4 Å². The third-order valence-electron chi connectivity index (χ3n) is 5.41. The molecule has 0 aliphatic rings. The second-order valence-electron chi connectivity index (χ2n) is 7.45. The van der Waals surface area contributed by atoms with E-state index in [0.717, 1.165) is 21.2 Å². The van der Waals surface area contributed by atoms with E-state index in [1.807, 2.05) is 49.4 Å². The number of oxazole rings is 1. The fourth-order valence-electron chi connectivity index (χ4n) is 3.85. The Bertz CT molecular complexity index is 1440. The molecule has 0 saturated carbocycles. The molecule has 0 atom stereocenters. The number of benzene rings is 2. The van der Waals surface area contributed by atoms with Crippen molar-refractivity contribution in [1.82, 2.24) is 14.5 Å². The number of hydrogen-bond acceptors (Lipinski definition) is 5. The van der Waals surface area contributed by atoms with Gasteiger partial charge in [-0.15, -0.1) is 0 Å². The molecule has 3 heterocycles. The van der Waals surface area contributed by atoms with E-state index in [1.165, 1.54) is 6.20 Å². The molecule has 158 valence electrons. The predicted molar refractivity (Wildman–Crippen MR) is 125 cm³/mol. The first-order chi connectivity index (χ1) is 15.5. The molecular weight excluding hydrogens is 470 g/mol. The summed E-state index contributed by atoms with van der Waals surface area (Å²) in [6.07, 6.45) is 3.16. The molecule has 0 fully saturated rings. The Morgan fingerprint density at radius 1 is 1.09 bits per heavy atom. The third kappa shape index (κ3) is 3.61. The van der Waals surface area contributed by atoms with E-state index in [0.29, 0.717) is 28.9 Å². The van der Waals surface area contributed by atoms with Crippen LogP contribution in [0.1, 0.15) is 27.5 Å². The summed E-state index contributed by atoms with van der Waals surface area (Å²) in [6.45, 7) is 2.48. The van der Waals surface area contributed by atoms with Gasteiger partial charge in [-0.2, -0.15) is 0 Å². The van der Waals surface area contributed by atoms with Crippen LogP contribution in [0.3, 0.4) is 0 Å². The van der Waals surface area contributed by atoms with E-state index in [-0.39, 0.29) is 17.4 Å². The Hall–Kier alpha value is -3.71. The molecule has 5 rings (SSSR count). The van der Waals surface area contributed by atoms with Gasteiger partial charge in [-0.1, -0.05) is 34.1 Å². The average molecular weight is 488 g/mol. The first kappa shape index (κ1) is 20.2. The zero-order valence-corrected chi connectivity index (χ0v) is 18.7. The molecule has 0 amide bonds. The standard InChI is InChI=1S/C25H18BrN3O3/c1-15-23(24(31)25-28-13-22(32-25)20-4-2-3-11-27-20)19-12-18(30)9-10-21(19)29(15)14-16-5-7-17(26)8-6-16/h2-13,30H,14H2,1H3. The van der Waals surface area contributed by atoms with Crippen molar-refractivity contribution >= 4 is 32.6 Å². The van der Waals surface area contributed by atoms with E-state index in [1.54, 1.807) is 24.4 Å². The van der Waals surface area contributed by atoms with Crippen LogP contribution >= 0.6 is 15.9 Å². The van der Waals surface area contributed by atoms with Crippen molar-refractivity contribution in [2.75, 3.05) is 0 Å². The number of fused-ring (bicyclic) bond motifs is 1. The highest BCUT2D eigenvalue weighted by molar-refractivity contribution is 9.10. The molecule has 0 radical (unpaired) electrons. The Kier molecular flexibility index (Phi) is 5.11. The van der Waals surface area contributed by atoms with Crippen LogP contribution in [-0.2, 0) is 6.54 Å². The third-order valence-corrected chi connectivity index (χ3v) is 5.93. The van der Waals surface area contributed by atoms with Gasteiger partial charge >= 0.3 is 0 Å². The molecule has 7 heteroatoms. The fraction of sp³-hybridized carbons (Fsp3) is 0.0800. The number of ketones is 1. The summed E-state index contributed by atoms with van der Waals surface area (Å²) in [5.41, 5.74) is 3.78. The maximum atomic E-state index is 13.5. The van der Waals surface area contributed by atoms with Crippen LogP contribution in [0.4, 0.5) is 0 Å². The van der Waals surface area contributed by atoms with E-state index >= 15 is 0 Å². The van der Waals surface area contributed by atoms with Crippen molar-refractivity contribution in [1.29, 1.82) is 0 Å². The number of phenols is 1. The predicted octanol–water partition coefficient (Wildman–Crippen LogP) is 5.75. The largest absolute Gasteiger partial charge is 0.508 e. The van der Waals surface area contributed by atoms with Gasteiger partial charge in [0.2, 0.25) is 5.78 Å².